The molecule has 1 nitrogen and oxygen atoms in total. The van der Waals surface area contributed by atoms with E-state index in [4.69, 9.17) is 5.73 Å². The Bertz CT molecular complexity index is 483. The van der Waals surface area contributed by atoms with E-state index in [1.54, 1.807) is 0 Å². The number of hydrogen-bond acceptors (Lipinski definition) is 1. The maximum atomic E-state index is 5.87. The second-order valence-electron chi connectivity index (χ2n) is 5.99. The Labute approximate surface area is 121 Å². The normalized spacial score (nSPS) is 18.9. The zero-order valence-corrected chi connectivity index (χ0v) is 12.0. The Morgan fingerprint density at radius 3 is 1.65 bits per heavy atom. The summed E-state index contributed by atoms with van der Waals surface area (Å²) in [4.78, 5) is 0. The Morgan fingerprint density at radius 1 is 0.800 bits per heavy atom. The van der Waals surface area contributed by atoms with Crippen LogP contribution in [0.1, 0.15) is 36.8 Å². The summed E-state index contributed by atoms with van der Waals surface area (Å²) in [6.07, 6.45) is 4.90. The molecule has 0 aliphatic heterocycles. The smallest absolute Gasteiger partial charge is 0.0203 e. The van der Waals surface area contributed by atoms with Crippen molar-refractivity contribution in [1.29, 1.82) is 0 Å². The largest absolute Gasteiger partial charge is 0.330 e. The summed E-state index contributed by atoms with van der Waals surface area (Å²) in [5.74, 6) is 0.704. The van der Waals surface area contributed by atoms with Gasteiger partial charge in [-0.15, -0.1) is 0 Å². The molecule has 0 unspecified atom stereocenters. The fourth-order valence-corrected chi connectivity index (χ4v) is 3.66. The number of rotatable bonds is 3. The van der Waals surface area contributed by atoms with E-state index in [-0.39, 0.29) is 5.41 Å². The quantitative estimate of drug-likeness (QED) is 0.887. The first-order chi connectivity index (χ1) is 9.85. The van der Waals surface area contributed by atoms with Crippen molar-refractivity contribution < 1.29 is 0 Å². The molecule has 0 amide bonds. The van der Waals surface area contributed by atoms with Crippen LogP contribution in [0.3, 0.4) is 0 Å². The molecule has 0 saturated heterocycles. The average molecular weight is 265 g/mol. The van der Waals surface area contributed by atoms with Gasteiger partial charge in [0.05, 0.1) is 0 Å². The molecule has 0 aromatic heterocycles. The van der Waals surface area contributed by atoms with Crippen molar-refractivity contribution in [2.75, 3.05) is 6.54 Å². The third-order valence-electron chi connectivity index (χ3n) is 4.94. The highest BCUT2D eigenvalue weighted by molar-refractivity contribution is 5.39. The SMILES string of the molecule is NCC1CCC(c2ccccc2)(c2ccccc2)CC1. The molecule has 2 aromatic rings. The first-order valence-corrected chi connectivity index (χ1v) is 7.66. The zero-order chi connectivity index (χ0) is 13.8. The molecule has 1 aliphatic rings. The van der Waals surface area contributed by atoms with Crippen LogP contribution < -0.4 is 5.73 Å². The Balaban J connectivity index is 2.01. The Hall–Kier alpha value is -1.60. The van der Waals surface area contributed by atoms with Crippen LogP contribution in [-0.4, -0.2) is 6.54 Å². The minimum atomic E-state index is 0.189. The van der Waals surface area contributed by atoms with Gasteiger partial charge in [0.2, 0.25) is 0 Å². The van der Waals surface area contributed by atoms with E-state index in [2.05, 4.69) is 60.7 Å². The topological polar surface area (TPSA) is 26.0 Å². The number of hydrogen-bond donors (Lipinski definition) is 1. The molecule has 1 fully saturated rings. The van der Waals surface area contributed by atoms with Gasteiger partial charge in [-0.2, -0.15) is 0 Å². The van der Waals surface area contributed by atoms with Crippen molar-refractivity contribution in [1.82, 2.24) is 0 Å². The average Bonchev–Trinajstić information content (AvgIpc) is 2.56. The standard InChI is InChI=1S/C19H23N/c20-15-16-11-13-19(14-12-16,17-7-3-1-4-8-17)18-9-5-2-6-10-18/h1-10,16H,11-15,20H2. The van der Waals surface area contributed by atoms with Crippen LogP contribution in [0.4, 0.5) is 0 Å². The second-order valence-corrected chi connectivity index (χ2v) is 5.99. The Morgan fingerprint density at radius 2 is 1.25 bits per heavy atom. The van der Waals surface area contributed by atoms with E-state index in [1.165, 1.54) is 36.8 Å². The predicted octanol–water partition coefficient (Wildman–Crippen LogP) is 4.12. The molecule has 104 valence electrons. The highest BCUT2D eigenvalue weighted by Crippen LogP contribution is 2.46. The fourth-order valence-electron chi connectivity index (χ4n) is 3.66. The molecule has 0 atom stereocenters. The molecule has 2 aromatic carbocycles. The molecule has 0 spiro atoms. The number of nitrogens with two attached hydrogens (primary N) is 1. The van der Waals surface area contributed by atoms with Gasteiger partial charge in [-0.05, 0) is 49.3 Å². The monoisotopic (exact) mass is 265 g/mol. The van der Waals surface area contributed by atoms with Gasteiger partial charge in [-0.25, -0.2) is 0 Å². The molecule has 3 rings (SSSR count). The lowest BCUT2D eigenvalue weighted by atomic mass is 9.63. The van der Waals surface area contributed by atoms with Crippen LogP contribution in [0.15, 0.2) is 60.7 Å². The van der Waals surface area contributed by atoms with E-state index in [9.17, 15) is 0 Å². The van der Waals surface area contributed by atoms with Gasteiger partial charge in [-0.1, -0.05) is 60.7 Å². The van der Waals surface area contributed by atoms with E-state index in [1.807, 2.05) is 0 Å². The lowest BCUT2D eigenvalue weighted by Crippen LogP contribution is -2.34. The molecule has 20 heavy (non-hydrogen) atoms. The second kappa shape index (κ2) is 5.80. The maximum absolute atomic E-state index is 5.87. The molecule has 0 bridgehead atoms. The summed E-state index contributed by atoms with van der Waals surface area (Å²) in [7, 11) is 0. The van der Waals surface area contributed by atoms with Gasteiger partial charge < -0.3 is 5.73 Å². The lowest BCUT2D eigenvalue weighted by molar-refractivity contribution is 0.270. The summed E-state index contributed by atoms with van der Waals surface area (Å²) >= 11 is 0. The van der Waals surface area contributed by atoms with Gasteiger partial charge in [0.15, 0.2) is 0 Å². The van der Waals surface area contributed by atoms with Crippen LogP contribution >= 0.6 is 0 Å². The highest BCUT2D eigenvalue weighted by atomic mass is 14.6. The van der Waals surface area contributed by atoms with Gasteiger partial charge >= 0.3 is 0 Å². The minimum absolute atomic E-state index is 0.189. The summed E-state index contributed by atoms with van der Waals surface area (Å²) in [6.45, 7) is 0.833. The summed E-state index contributed by atoms with van der Waals surface area (Å²) in [5.41, 5.74) is 8.98. The Kier molecular flexibility index (Phi) is 3.88. The first-order valence-electron chi connectivity index (χ1n) is 7.66. The van der Waals surface area contributed by atoms with Crippen molar-refractivity contribution in [3.05, 3.63) is 71.8 Å². The highest BCUT2D eigenvalue weighted by Gasteiger charge is 2.37. The zero-order valence-electron chi connectivity index (χ0n) is 12.0. The van der Waals surface area contributed by atoms with Crippen molar-refractivity contribution in [2.45, 2.75) is 31.1 Å². The van der Waals surface area contributed by atoms with Gasteiger partial charge in [0.25, 0.3) is 0 Å². The lowest BCUT2D eigenvalue weighted by Gasteiger charge is -2.41. The minimum Gasteiger partial charge on any atom is -0.330 e. The number of benzene rings is 2. The molecule has 0 heterocycles. The summed E-state index contributed by atoms with van der Waals surface area (Å²) < 4.78 is 0. The first kappa shape index (κ1) is 13.4. The summed E-state index contributed by atoms with van der Waals surface area (Å²) in [6, 6.07) is 22.0. The maximum Gasteiger partial charge on any atom is 0.0203 e. The van der Waals surface area contributed by atoms with Gasteiger partial charge in [0, 0.05) is 5.41 Å². The van der Waals surface area contributed by atoms with Crippen LogP contribution in [0.5, 0.6) is 0 Å². The third-order valence-corrected chi connectivity index (χ3v) is 4.94. The van der Waals surface area contributed by atoms with Crippen molar-refractivity contribution in [2.24, 2.45) is 11.7 Å². The van der Waals surface area contributed by atoms with Crippen LogP contribution in [0.2, 0.25) is 0 Å². The van der Waals surface area contributed by atoms with Gasteiger partial charge in [0.1, 0.15) is 0 Å². The predicted molar refractivity (Wildman–Crippen MR) is 84.7 cm³/mol. The molecule has 1 aliphatic carbocycles. The van der Waals surface area contributed by atoms with Crippen LogP contribution in [0.25, 0.3) is 0 Å². The van der Waals surface area contributed by atoms with E-state index in [0.29, 0.717) is 5.92 Å². The molecule has 1 heteroatoms. The fraction of sp³-hybridized carbons (Fsp3) is 0.368. The van der Waals surface area contributed by atoms with E-state index >= 15 is 0 Å². The van der Waals surface area contributed by atoms with Crippen molar-refractivity contribution in [3.63, 3.8) is 0 Å². The summed E-state index contributed by atoms with van der Waals surface area (Å²) in [5, 5.41) is 0. The van der Waals surface area contributed by atoms with E-state index in [0.717, 1.165) is 6.54 Å². The van der Waals surface area contributed by atoms with Crippen molar-refractivity contribution in [3.8, 4) is 0 Å². The van der Waals surface area contributed by atoms with Gasteiger partial charge in [-0.3, -0.25) is 0 Å². The molecule has 1 saturated carbocycles. The van der Waals surface area contributed by atoms with E-state index < -0.39 is 0 Å². The molecular formula is C19H23N. The van der Waals surface area contributed by atoms with Crippen LogP contribution in [0, 0.1) is 5.92 Å². The van der Waals surface area contributed by atoms with Crippen LogP contribution in [-0.2, 0) is 5.41 Å². The molecule has 2 N–H and O–H groups in total. The van der Waals surface area contributed by atoms with Crippen molar-refractivity contribution >= 4 is 0 Å². The third kappa shape index (κ3) is 2.38. The molecule has 0 radical (unpaired) electrons. The molecular weight excluding hydrogens is 242 g/mol.